The van der Waals surface area contributed by atoms with Crippen LogP contribution >= 0.6 is 0 Å². The van der Waals surface area contributed by atoms with Gasteiger partial charge in [-0.05, 0) is 29.8 Å². The van der Waals surface area contributed by atoms with Gasteiger partial charge >= 0.3 is 6.18 Å². The molecule has 0 bridgehead atoms. The molecule has 1 saturated heterocycles. The number of nitrogens with one attached hydrogen (secondary N) is 2. The van der Waals surface area contributed by atoms with Crippen molar-refractivity contribution in [2.45, 2.75) is 12.2 Å². The largest absolute Gasteiger partial charge is 0.416 e. The van der Waals surface area contributed by atoms with E-state index in [1.165, 1.54) is 12.1 Å². The molecular formula is C21H22F4N4O4. The molecule has 0 unspecified atom stereocenters. The first-order chi connectivity index (χ1) is 15.6. The number of ether oxygens (including phenoxy) is 1. The number of carbonyl (C=O) groups is 1. The SMILES string of the molecule is O=C(CNc1ccc(C(F)(F)F)cc1[N+](=O)[O-])NC[C@@H](c1ccc(F)cc1)N1CCOCC1. The molecule has 0 aromatic heterocycles. The van der Waals surface area contributed by atoms with Crippen LogP contribution in [0.4, 0.5) is 28.9 Å². The smallest absolute Gasteiger partial charge is 0.379 e. The van der Waals surface area contributed by atoms with Gasteiger partial charge in [-0.1, -0.05) is 12.1 Å². The molecule has 1 atom stereocenters. The van der Waals surface area contributed by atoms with Gasteiger partial charge in [0.2, 0.25) is 5.91 Å². The minimum absolute atomic E-state index is 0.182. The highest BCUT2D eigenvalue weighted by molar-refractivity contribution is 5.81. The zero-order chi connectivity index (χ0) is 24.0. The standard InChI is InChI=1S/C21H22F4N4O4/c22-16-4-1-14(2-5-16)19(28-7-9-33-10-8-28)12-27-20(30)13-26-17-6-3-15(21(23,24)25)11-18(17)29(31)32/h1-6,11,19,26H,7-10,12-13H2,(H,27,30)/t19-/m0/s1. The Hall–Kier alpha value is -3.25. The molecule has 1 aliphatic rings. The molecule has 1 heterocycles. The first-order valence-corrected chi connectivity index (χ1v) is 10.1. The Balaban J connectivity index is 1.64. The number of anilines is 1. The zero-order valence-electron chi connectivity index (χ0n) is 17.4. The fourth-order valence-corrected chi connectivity index (χ4v) is 3.49. The van der Waals surface area contributed by atoms with Crippen LogP contribution in [0.15, 0.2) is 42.5 Å². The van der Waals surface area contributed by atoms with Crippen LogP contribution in [0.1, 0.15) is 17.2 Å². The second kappa shape index (κ2) is 10.6. The number of amides is 1. The Labute approximate surface area is 186 Å². The Morgan fingerprint density at radius 1 is 1.15 bits per heavy atom. The number of rotatable bonds is 8. The summed E-state index contributed by atoms with van der Waals surface area (Å²) in [7, 11) is 0. The number of nitrogens with zero attached hydrogens (tertiary/aromatic N) is 2. The molecule has 0 aliphatic carbocycles. The monoisotopic (exact) mass is 470 g/mol. The van der Waals surface area contributed by atoms with Crippen LogP contribution < -0.4 is 10.6 Å². The van der Waals surface area contributed by atoms with Crippen molar-refractivity contribution in [3.8, 4) is 0 Å². The number of morpholine rings is 1. The van der Waals surface area contributed by atoms with E-state index in [4.69, 9.17) is 4.74 Å². The third kappa shape index (κ3) is 6.62. The molecule has 178 valence electrons. The van der Waals surface area contributed by atoms with Crippen molar-refractivity contribution in [3.05, 3.63) is 69.5 Å². The molecule has 0 radical (unpaired) electrons. The highest BCUT2D eigenvalue weighted by Gasteiger charge is 2.33. The summed E-state index contributed by atoms with van der Waals surface area (Å²) < 4.78 is 57.2. The third-order valence-electron chi connectivity index (χ3n) is 5.19. The van der Waals surface area contributed by atoms with E-state index in [0.717, 1.165) is 11.6 Å². The summed E-state index contributed by atoms with van der Waals surface area (Å²) in [5, 5.41) is 16.4. The minimum Gasteiger partial charge on any atom is -0.379 e. The molecule has 2 aromatic rings. The van der Waals surface area contributed by atoms with Crippen LogP contribution in [-0.4, -0.2) is 55.1 Å². The van der Waals surface area contributed by atoms with Gasteiger partial charge in [0.15, 0.2) is 0 Å². The second-order valence-electron chi connectivity index (χ2n) is 7.36. The van der Waals surface area contributed by atoms with Crippen molar-refractivity contribution >= 4 is 17.3 Å². The molecule has 8 nitrogen and oxygen atoms in total. The van der Waals surface area contributed by atoms with E-state index in [9.17, 15) is 32.5 Å². The van der Waals surface area contributed by atoms with Gasteiger partial charge in [0, 0.05) is 25.7 Å². The predicted molar refractivity (Wildman–Crippen MR) is 111 cm³/mol. The highest BCUT2D eigenvalue weighted by Crippen LogP contribution is 2.34. The van der Waals surface area contributed by atoms with Gasteiger partial charge in [0.05, 0.1) is 36.3 Å². The third-order valence-corrected chi connectivity index (χ3v) is 5.19. The van der Waals surface area contributed by atoms with Gasteiger partial charge in [0.25, 0.3) is 5.69 Å². The summed E-state index contributed by atoms with van der Waals surface area (Å²) in [4.78, 5) is 24.7. The van der Waals surface area contributed by atoms with Crippen molar-refractivity contribution in [3.63, 3.8) is 0 Å². The topological polar surface area (TPSA) is 96.7 Å². The van der Waals surface area contributed by atoms with E-state index in [0.29, 0.717) is 38.4 Å². The van der Waals surface area contributed by atoms with Crippen molar-refractivity contribution in [1.82, 2.24) is 10.2 Å². The van der Waals surface area contributed by atoms with E-state index in [2.05, 4.69) is 15.5 Å². The predicted octanol–water partition coefficient (Wildman–Crippen LogP) is 3.35. The lowest BCUT2D eigenvalue weighted by atomic mass is 10.0. The summed E-state index contributed by atoms with van der Waals surface area (Å²) >= 11 is 0. The molecule has 1 aliphatic heterocycles. The van der Waals surface area contributed by atoms with Gasteiger partial charge in [-0.25, -0.2) is 4.39 Å². The van der Waals surface area contributed by atoms with Crippen molar-refractivity contribution in [1.29, 1.82) is 0 Å². The van der Waals surface area contributed by atoms with Crippen LogP contribution in [0.25, 0.3) is 0 Å². The van der Waals surface area contributed by atoms with Gasteiger partial charge in [-0.3, -0.25) is 19.8 Å². The van der Waals surface area contributed by atoms with Gasteiger partial charge in [-0.15, -0.1) is 0 Å². The van der Waals surface area contributed by atoms with Gasteiger partial charge < -0.3 is 15.4 Å². The van der Waals surface area contributed by atoms with E-state index >= 15 is 0 Å². The van der Waals surface area contributed by atoms with Crippen molar-refractivity contribution in [2.75, 3.05) is 44.7 Å². The highest BCUT2D eigenvalue weighted by atomic mass is 19.4. The summed E-state index contributed by atoms with van der Waals surface area (Å²) in [5.74, 6) is -0.893. The lowest BCUT2D eigenvalue weighted by molar-refractivity contribution is -0.384. The van der Waals surface area contributed by atoms with Gasteiger partial charge in [-0.2, -0.15) is 13.2 Å². The first kappa shape index (κ1) is 24.4. The summed E-state index contributed by atoms with van der Waals surface area (Å²) in [6.45, 7) is 2.07. The van der Waals surface area contributed by atoms with E-state index in [1.54, 1.807) is 12.1 Å². The number of hydrogen-bond acceptors (Lipinski definition) is 6. The fourth-order valence-electron chi connectivity index (χ4n) is 3.49. The van der Waals surface area contributed by atoms with Crippen LogP contribution in [0.3, 0.4) is 0 Å². The molecule has 1 fully saturated rings. The molecule has 33 heavy (non-hydrogen) atoms. The maximum atomic E-state index is 13.3. The maximum Gasteiger partial charge on any atom is 0.416 e. The maximum absolute atomic E-state index is 13.3. The van der Waals surface area contributed by atoms with Crippen LogP contribution in [0.2, 0.25) is 0 Å². The summed E-state index contributed by atoms with van der Waals surface area (Å²) in [6, 6.07) is 7.71. The molecule has 1 amide bonds. The lowest BCUT2D eigenvalue weighted by Crippen LogP contribution is -2.44. The Morgan fingerprint density at radius 3 is 2.42 bits per heavy atom. The van der Waals surface area contributed by atoms with Gasteiger partial charge in [0.1, 0.15) is 11.5 Å². The fraction of sp³-hybridized carbons (Fsp3) is 0.381. The lowest BCUT2D eigenvalue weighted by Gasteiger charge is -2.35. The summed E-state index contributed by atoms with van der Waals surface area (Å²) in [5.41, 5.74) is -1.34. The van der Waals surface area contributed by atoms with Crippen molar-refractivity contribution < 1.29 is 32.0 Å². The van der Waals surface area contributed by atoms with E-state index < -0.39 is 28.3 Å². The number of alkyl halides is 3. The van der Waals surface area contributed by atoms with Crippen LogP contribution in [0.5, 0.6) is 0 Å². The van der Waals surface area contributed by atoms with Crippen molar-refractivity contribution in [2.24, 2.45) is 0 Å². The number of carbonyl (C=O) groups excluding carboxylic acids is 1. The number of benzene rings is 2. The number of hydrogen-bond donors (Lipinski definition) is 2. The summed E-state index contributed by atoms with van der Waals surface area (Å²) in [6.07, 6.45) is -4.73. The number of nitro groups is 1. The molecule has 2 N–H and O–H groups in total. The number of nitro benzene ring substituents is 1. The zero-order valence-corrected chi connectivity index (χ0v) is 17.4. The number of halogens is 4. The Bertz CT molecular complexity index is 979. The minimum atomic E-state index is -4.73. The Morgan fingerprint density at radius 2 is 1.82 bits per heavy atom. The molecule has 2 aromatic carbocycles. The molecular weight excluding hydrogens is 448 g/mol. The second-order valence-corrected chi connectivity index (χ2v) is 7.36. The van der Waals surface area contributed by atoms with E-state index in [1.807, 2.05) is 0 Å². The Kier molecular flexibility index (Phi) is 7.82. The molecule has 3 rings (SSSR count). The average molecular weight is 470 g/mol. The molecule has 0 saturated carbocycles. The van der Waals surface area contributed by atoms with Crippen LogP contribution in [0, 0.1) is 15.9 Å². The quantitative estimate of drug-likeness (QED) is 0.349. The van der Waals surface area contributed by atoms with Crippen LogP contribution in [-0.2, 0) is 15.7 Å². The molecule has 0 spiro atoms. The normalized spacial score (nSPS) is 15.6. The average Bonchev–Trinajstić information content (AvgIpc) is 2.79. The first-order valence-electron chi connectivity index (χ1n) is 10.1. The van der Waals surface area contributed by atoms with E-state index in [-0.39, 0.29) is 30.6 Å². The molecule has 12 heteroatoms.